The highest BCUT2D eigenvalue weighted by atomic mass is 35.5. The van der Waals surface area contributed by atoms with E-state index in [4.69, 9.17) is 11.6 Å². The summed E-state index contributed by atoms with van der Waals surface area (Å²) in [6, 6.07) is 7.63. The summed E-state index contributed by atoms with van der Waals surface area (Å²) in [5, 5.41) is 3.98. The van der Waals surface area contributed by atoms with Gasteiger partial charge in [0.2, 0.25) is 5.91 Å². The standard InChI is InChI=1S/C14H19ClN2OS/c1-11(19-13-5-3-12(15)4-6-13)14(18)17-9-2-7-16-8-10-17/h3-6,11,16H,2,7-10H2,1H3. The number of halogens is 1. The Balaban J connectivity index is 1.92. The number of hydrogen-bond acceptors (Lipinski definition) is 3. The molecule has 1 atom stereocenters. The molecule has 5 heteroatoms. The number of rotatable bonds is 3. The lowest BCUT2D eigenvalue weighted by atomic mass is 10.3. The van der Waals surface area contributed by atoms with Crippen LogP contribution in [0.5, 0.6) is 0 Å². The SMILES string of the molecule is CC(Sc1ccc(Cl)cc1)C(=O)N1CCCNCC1. The third kappa shape index (κ3) is 4.41. The number of carbonyl (C=O) groups is 1. The monoisotopic (exact) mass is 298 g/mol. The zero-order valence-electron chi connectivity index (χ0n) is 11.1. The molecule has 0 aliphatic carbocycles. The third-order valence-electron chi connectivity index (χ3n) is 3.13. The zero-order chi connectivity index (χ0) is 13.7. The summed E-state index contributed by atoms with van der Waals surface area (Å²) in [6.45, 7) is 5.54. The normalized spacial score (nSPS) is 17.9. The number of nitrogens with one attached hydrogen (secondary N) is 1. The summed E-state index contributed by atoms with van der Waals surface area (Å²) in [5.74, 6) is 0.226. The van der Waals surface area contributed by atoms with Crippen molar-refractivity contribution in [3.05, 3.63) is 29.3 Å². The van der Waals surface area contributed by atoms with Crippen LogP contribution < -0.4 is 5.32 Å². The first-order valence-electron chi connectivity index (χ1n) is 6.58. The largest absolute Gasteiger partial charge is 0.340 e. The predicted molar refractivity (Wildman–Crippen MR) is 80.8 cm³/mol. The summed E-state index contributed by atoms with van der Waals surface area (Å²) in [7, 11) is 0. The van der Waals surface area contributed by atoms with Crippen molar-refractivity contribution in [3.8, 4) is 0 Å². The minimum Gasteiger partial charge on any atom is -0.340 e. The minimum atomic E-state index is -0.0562. The van der Waals surface area contributed by atoms with Crippen molar-refractivity contribution in [2.24, 2.45) is 0 Å². The highest BCUT2D eigenvalue weighted by molar-refractivity contribution is 8.00. The van der Waals surface area contributed by atoms with E-state index >= 15 is 0 Å². The lowest BCUT2D eigenvalue weighted by Gasteiger charge is -2.23. The van der Waals surface area contributed by atoms with Crippen LogP contribution in [0.2, 0.25) is 5.02 Å². The van der Waals surface area contributed by atoms with Crippen molar-refractivity contribution >= 4 is 29.3 Å². The van der Waals surface area contributed by atoms with Crippen LogP contribution in [0.3, 0.4) is 0 Å². The van der Waals surface area contributed by atoms with Crippen LogP contribution >= 0.6 is 23.4 Å². The molecule has 1 fully saturated rings. The average Bonchev–Trinajstić information content (AvgIpc) is 2.69. The Kier molecular flexibility index (Phi) is 5.55. The first kappa shape index (κ1) is 14.7. The Bertz CT molecular complexity index is 416. The number of carbonyl (C=O) groups excluding carboxylic acids is 1. The second-order valence-corrected chi connectivity index (χ2v) is 6.49. The topological polar surface area (TPSA) is 32.3 Å². The first-order valence-corrected chi connectivity index (χ1v) is 7.84. The predicted octanol–water partition coefficient (Wildman–Crippen LogP) is 2.64. The zero-order valence-corrected chi connectivity index (χ0v) is 12.6. The Morgan fingerprint density at radius 1 is 1.32 bits per heavy atom. The van der Waals surface area contributed by atoms with Crippen LogP contribution in [0.4, 0.5) is 0 Å². The van der Waals surface area contributed by atoms with Gasteiger partial charge in [0.1, 0.15) is 0 Å². The van der Waals surface area contributed by atoms with Crippen LogP contribution in [-0.2, 0) is 4.79 Å². The van der Waals surface area contributed by atoms with E-state index < -0.39 is 0 Å². The maximum absolute atomic E-state index is 12.4. The summed E-state index contributed by atoms with van der Waals surface area (Å²) >= 11 is 7.45. The second-order valence-electron chi connectivity index (χ2n) is 4.64. The highest BCUT2D eigenvalue weighted by Gasteiger charge is 2.21. The fourth-order valence-electron chi connectivity index (χ4n) is 2.09. The molecule has 1 unspecified atom stereocenters. The summed E-state index contributed by atoms with van der Waals surface area (Å²) < 4.78 is 0. The molecule has 0 saturated carbocycles. The second kappa shape index (κ2) is 7.17. The summed E-state index contributed by atoms with van der Waals surface area (Å²) in [5.41, 5.74) is 0. The molecule has 0 bridgehead atoms. The molecule has 1 aromatic carbocycles. The van der Waals surface area contributed by atoms with E-state index in [1.807, 2.05) is 36.1 Å². The number of nitrogens with zero attached hydrogens (tertiary/aromatic N) is 1. The quantitative estimate of drug-likeness (QED) is 0.871. The van der Waals surface area contributed by atoms with E-state index in [1.54, 1.807) is 11.8 Å². The Morgan fingerprint density at radius 2 is 2.05 bits per heavy atom. The summed E-state index contributed by atoms with van der Waals surface area (Å²) in [4.78, 5) is 15.4. The van der Waals surface area contributed by atoms with Crippen molar-refractivity contribution in [1.29, 1.82) is 0 Å². The van der Waals surface area contributed by atoms with Crippen molar-refractivity contribution in [3.63, 3.8) is 0 Å². The highest BCUT2D eigenvalue weighted by Crippen LogP contribution is 2.25. The Morgan fingerprint density at radius 3 is 2.79 bits per heavy atom. The lowest BCUT2D eigenvalue weighted by Crippen LogP contribution is -2.38. The van der Waals surface area contributed by atoms with E-state index in [1.165, 1.54) is 0 Å². The van der Waals surface area contributed by atoms with Crippen LogP contribution in [-0.4, -0.2) is 42.2 Å². The molecule has 1 aliphatic rings. The van der Waals surface area contributed by atoms with Gasteiger partial charge in [0.15, 0.2) is 0 Å². The fourth-order valence-corrected chi connectivity index (χ4v) is 3.17. The van der Waals surface area contributed by atoms with Gasteiger partial charge < -0.3 is 10.2 Å². The van der Waals surface area contributed by atoms with Gasteiger partial charge in [-0.3, -0.25) is 4.79 Å². The first-order chi connectivity index (χ1) is 9.16. The van der Waals surface area contributed by atoms with Crippen LogP contribution in [0, 0.1) is 0 Å². The molecule has 1 aliphatic heterocycles. The molecular weight excluding hydrogens is 280 g/mol. The lowest BCUT2D eigenvalue weighted by molar-refractivity contribution is -0.130. The molecule has 1 saturated heterocycles. The van der Waals surface area contributed by atoms with E-state index in [9.17, 15) is 4.79 Å². The molecule has 1 heterocycles. The van der Waals surface area contributed by atoms with Crippen molar-refractivity contribution in [1.82, 2.24) is 10.2 Å². The van der Waals surface area contributed by atoms with Gasteiger partial charge in [-0.25, -0.2) is 0 Å². The van der Waals surface area contributed by atoms with Gasteiger partial charge in [-0.1, -0.05) is 11.6 Å². The average molecular weight is 299 g/mol. The van der Waals surface area contributed by atoms with Crippen molar-refractivity contribution in [2.75, 3.05) is 26.2 Å². The van der Waals surface area contributed by atoms with Crippen molar-refractivity contribution < 1.29 is 4.79 Å². The van der Waals surface area contributed by atoms with Gasteiger partial charge in [0, 0.05) is 29.6 Å². The van der Waals surface area contributed by atoms with Gasteiger partial charge in [-0.2, -0.15) is 0 Å². The molecule has 1 aromatic rings. The van der Waals surface area contributed by atoms with Crippen molar-refractivity contribution in [2.45, 2.75) is 23.5 Å². The number of thioether (sulfide) groups is 1. The molecule has 0 aromatic heterocycles. The van der Waals surface area contributed by atoms with E-state index in [0.29, 0.717) is 0 Å². The molecule has 0 radical (unpaired) electrons. The van der Waals surface area contributed by atoms with Crippen LogP contribution in [0.25, 0.3) is 0 Å². The van der Waals surface area contributed by atoms with Gasteiger partial charge in [0.05, 0.1) is 5.25 Å². The molecule has 0 spiro atoms. The molecule has 19 heavy (non-hydrogen) atoms. The van der Waals surface area contributed by atoms with E-state index in [0.717, 1.165) is 42.5 Å². The number of hydrogen-bond donors (Lipinski definition) is 1. The van der Waals surface area contributed by atoms with Crippen LogP contribution in [0.15, 0.2) is 29.2 Å². The van der Waals surface area contributed by atoms with E-state index in [-0.39, 0.29) is 11.2 Å². The fraction of sp³-hybridized carbons (Fsp3) is 0.500. The number of amides is 1. The maximum Gasteiger partial charge on any atom is 0.235 e. The smallest absolute Gasteiger partial charge is 0.235 e. The molecular formula is C14H19ClN2OS. The third-order valence-corrected chi connectivity index (χ3v) is 4.48. The molecule has 3 nitrogen and oxygen atoms in total. The van der Waals surface area contributed by atoms with Gasteiger partial charge in [-0.05, 0) is 44.2 Å². The van der Waals surface area contributed by atoms with Gasteiger partial charge >= 0.3 is 0 Å². The van der Waals surface area contributed by atoms with Gasteiger partial charge in [-0.15, -0.1) is 11.8 Å². The molecule has 104 valence electrons. The number of benzene rings is 1. The minimum absolute atomic E-state index is 0.0562. The van der Waals surface area contributed by atoms with E-state index in [2.05, 4.69) is 5.32 Å². The molecule has 1 N–H and O–H groups in total. The Labute approximate surface area is 123 Å². The Hall–Kier alpha value is -0.710. The maximum atomic E-state index is 12.4. The summed E-state index contributed by atoms with van der Waals surface area (Å²) in [6.07, 6.45) is 1.03. The molecule has 2 rings (SSSR count). The van der Waals surface area contributed by atoms with Crippen LogP contribution in [0.1, 0.15) is 13.3 Å². The molecule has 1 amide bonds. The van der Waals surface area contributed by atoms with Gasteiger partial charge in [0.25, 0.3) is 0 Å².